The predicted molar refractivity (Wildman–Crippen MR) is 65.6 cm³/mol. The largest absolute Gasteiger partial charge is 0.324 e. The van der Waals surface area contributed by atoms with Crippen LogP contribution in [0.4, 0.5) is 0 Å². The van der Waals surface area contributed by atoms with E-state index in [1.165, 1.54) is 36.0 Å². The van der Waals surface area contributed by atoms with E-state index < -0.39 is 0 Å². The molecular weight excluding hydrogens is 182 g/mol. The van der Waals surface area contributed by atoms with Crippen LogP contribution in [0.1, 0.15) is 36.8 Å². The van der Waals surface area contributed by atoms with Gasteiger partial charge in [0.2, 0.25) is 0 Å². The van der Waals surface area contributed by atoms with Crippen molar-refractivity contribution in [2.24, 2.45) is 5.73 Å². The highest BCUT2D eigenvalue weighted by molar-refractivity contribution is 5.66. The van der Waals surface area contributed by atoms with Crippen molar-refractivity contribution in [1.29, 1.82) is 0 Å². The van der Waals surface area contributed by atoms with Crippen molar-refractivity contribution < 1.29 is 0 Å². The molecule has 15 heavy (non-hydrogen) atoms. The van der Waals surface area contributed by atoms with Crippen molar-refractivity contribution in [3.05, 3.63) is 41.5 Å². The van der Waals surface area contributed by atoms with Gasteiger partial charge in [-0.15, -0.1) is 0 Å². The van der Waals surface area contributed by atoms with Crippen molar-refractivity contribution in [2.45, 2.75) is 38.6 Å². The van der Waals surface area contributed by atoms with Crippen LogP contribution in [-0.4, -0.2) is 6.04 Å². The molecule has 0 amide bonds. The number of hydrogen-bond acceptors (Lipinski definition) is 1. The van der Waals surface area contributed by atoms with Crippen LogP contribution < -0.4 is 5.73 Å². The van der Waals surface area contributed by atoms with Crippen LogP contribution in [0.5, 0.6) is 0 Å². The van der Waals surface area contributed by atoms with E-state index >= 15 is 0 Å². The SMILES string of the molecule is Cc1ccc(C2=CC(N)CCCC2)cc1. The molecule has 80 valence electrons. The molecule has 0 aliphatic heterocycles. The van der Waals surface area contributed by atoms with Crippen LogP contribution >= 0.6 is 0 Å². The molecule has 0 heterocycles. The highest BCUT2D eigenvalue weighted by Gasteiger charge is 2.09. The lowest BCUT2D eigenvalue weighted by Gasteiger charge is -2.07. The molecule has 0 bridgehead atoms. The monoisotopic (exact) mass is 201 g/mol. The molecule has 1 aliphatic carbocycles. The second kappa shape index (κ2) is 4.63. The Morgan fingerprint density at radius 2 is 1.87 bits per heavy atom. The molecule has 2 rings (SSSR count). The van der Waals surface area contributed by atoms with Gasteiger partial charge in [0.15, 0.2) is 0 Å². The van der Waals surface area contributed by atoms with Gasteiger partial charge in [0.05, 0.1) is 0 Å². The van der Waals surface area contributed by atoms with E-state index in [9.17, 15) is 0 Å². The summed E-state index contributed by atoms with van der Waals surface area (Å²) >= 11 is 0. The van der Waals surface area contributed by atoms with Crippen molar-refractivity contribution >= 4 is 5.57 Å². The normalized spacial score (nSPS) is 22.0. The van der Waals surface area contributed by atoms with Gasteiger partial charge in [-0.2, -0.15) is 0 Å². The molecule has 0 fully saturated rings. The average Bonchev–Trinajstić information content (AvgIpc) is 2.44. The maximum absolute atomic E-state index is 6.02. The van der Waals surface area contributed by atoms with E-state index in [0.717, 1.165) is 6.42 Å². The first-order valence-electron chi connectivity index (χ1n) is 5.79. The minimum absolute atomic E-state index is 0.254. The van der Waals surface area contributed by atoms with Gasteiger partial charge < -0.3 is 5.73 Å². The second-order valence-corrected chi connectivity index (χ2v) is 4.47. The molecule has 1 unspecified atom stereocenters. The van der Waals surface area contributed by atoms with Gasteiger partial charge in [-0.05, 0) is 37.3 Å². The lowest BCUT2D eigenvalue weighted by atomic mass is 10.00. The van der Waals surface area contributed by atoms with E-state index in [4.69, 9.17) is 5.73 Å². The average molecular weight is 201 g/mol. The molecule has 1 atom stereocenters. The molecule has 0 radical (unpaired) electrons. The number of allylic oxidation sites excluding steroid dienone is 1. The number of hydrogen-bond donors (Lipinski definition) is 1. The highest BCUT2D eigenvalue weighted by Crippen LogP contribution is 2.25. The topological polar surface area (TPSA) is 26.0 Å². The van der Waals surface area contributed by atoms with Gasteiger partial charge >= 0.3 is 0 Å². The van der Waals surface area contributed by atoms with Crippen LogP contribution in [0.25, 0.3) is 5.57 Å². The highest BCUT2D eigenvalue weighted by atomic mass is 14.6. The lowest BCUT2D eigenvalue weighted by molar-refractivity contribution is 0.658. The third-order valence-electron chi connectivity index (χ3n) is 3.07. The fourth-order valence-electron chi connectivity index (χ4n) is 2.13. The summed E-state index contributed by atoms with van der Waals surface area (Å²) in [6, 6.07) is 9.02. The minimum atomic E-state index is 0.254. The zero-order valence-corrected chi connectivity index (χ0v) is 9.37. The van der Waals surface area contributed by atoms with E-state index in [2.05, 4.69) is 37.3 Å². The number of aryl methyl sites for hydroxylation is 1. The third-order valence-corrected chi connectivity index (χ3v) is 3.07. The van der Waals surface area contributed by atoms with E-state index in [1.54, 1.807) is 0 Å². The van der Waals surface area contributed by atoms with Gasteiger partial charge in [-0.25, -0.2) is 0 Å². The fraction of sp³-hybridized carbons (Fsp3) is 0.429. The van der Waals surface area contributed by atoms with E-state index in [0.29, 0.717) is 0 Å². The Labute approximate surface area is 92.0 Å². The van der Waals surface area contributed by atoms with Crippen molar-refractivity contribution in [1.82, 2.24) is 0 Å². The fourth-order valence-corrected chi connectivity index (χ4v) is 2.13. The third kappa shape index (κ3) is 2.69. The molecule has 1 aromatic carbocycles. The van der Waals surface area contributed by atoms with Gasteiger partial charge in [-0.3, -0.25) is 0 Å². The lowest BCUT2D eigenvalue weighted by Crippen LogP contribution is -2.15. The number of benzene rings is 1. The molecule has 1 heteroatoms. The van der Waals surface area contributed by atoms with Gasteiger partial charge in [0, 0.05) is 6.04 Å². The predicted octanol–water partition coefficient (Wildman–Crippen LogP) is 3.28. The van der Waals surface area contributed by atoms with Crippen LogP contribution in [0, 0.1) is 6.92 Å². The molecule has 1 aliphatic rings. The zero-order valence-electron chi connectivity index (χ0n) is 9.37. The minimum Gasteiger partial charge on any atom is -0.324 e. The molecule has 0 spiro atoms. The molecule has 0 aromatic heterocycles. The second-order valence-electron chi connectivity index (χ2n) is 4.47. The first-order chi connectivity index (χ1) is 7.25. The number of nitrogens with two attached hydrogens (primary N) is 1. The van der Waals surface area contributed by atoms with Crippen molar-refractivity contribution in [2.75, 3.05) is 0 Å². The summed E-state index contributed by atoms with van der Waals surface area (Å²) in [6.45, 7) is 2.12. The Morgan fingerprint density at radius 1 is 1.13 bits per heavy atom. The van der Waals surface area contributed by atoms with E-state index in [-0.39, 0.29) is 6.04 Å². The Kier molecular flexibility index (Phi) is 3.22. The first kappa shape index (κ1) is 10.4. The maximum Gasteiger partial charge on any atom is 0.0229 e. The molecule has 2 N–H and O–H groups in total. The Hall–Kier alpha value is -1.08. The summed E-state index contributed by atoms with van der Waals surface area (Å²) in [6.07, 6.45) is 7.09. The van der Waals surface area contributed by atoms with Crippen LogP contribution in [-0.2, 0) is 0 Å². The Morgan fingerprint density at radius 3 is 2.60 bits per heavy atom. The van der Waals surface area contributed by atoms with Gasteiger partial charge in [0.1, 0.15) is 0 Å². The van der Waals surface area contributed by atoms with Crippen LogP contribution in [0.15, 0.2) is 30.3 Å². The smallest absolute Gasteiger partial charge is 0.0229 e. The molecule has 0 saturated heterocycles. The van der Waals surface area contributed by atoms with Crippen molar-refractivity contribution in [3.63, 3.8) is 0 Å². The van der Waals surface area contributed by atoms with Gasteiger partial charge in [0.25, 0.3) is 0 Å². The van der Waals surface area contributed by atoms with Crippen LogP contribution in [0.3, 0.4) is 0 Å². The quantitative estimate of drug-likeness (QED) is 0.741. The Balaban J connectivity index is 2.24. The maximum atomic E-state index is 6.02. The molecule has 1 nitrogen and oxygen atoms in total. The van der Waals surface area contributed by atoms with E-state index in [1.807, 2.05) is 0 Å². The molecular formula is C14H19N. The molecule has 1 aromatic rings. The summed E-state index contributed by atoms with van der Waals surface area (Å²) in [5.74, 6) is 0. The summed E-state index contributed by atoms with van der Waals surface area (Å²) in [5.41, 5.74) is 10.1. The summed E-state index contributed by atoms with van der Waals surface area (Å²) in [7, 11) is 0. The first-order valence-corrected chi connectivity index (χ1v) is 5.79. The van der Waals surface area contributed by atoms with Gasteiger partial charge in [-0.1, -0.05) is 42.3 Å². The van der Waals surface area contributed by atoms with Crippen LogP contribution in [0.2, 0.25) is 0 Å². The van der Waals surface area contributed by atoms with Crippen molar-refractivity contribution in [3.8, 4) is 0 Å². The Bertz CT molecular complexity index is 348. The zero-order chi connectivity index (χ0) is 10.7. The standard InChI is InChI=1S/C14H19N/c1-11-6-8-12(9-7-11)13-4-2-3-5-14(15)10-13/h6-10,14H,2-5,15H2,1H3. The summed E-state index contributed by atoms with van der Waals surface area (Å²) in [5, 5.41) is 0. The number of rotatable bonds is 1. The molecule has 0 saturated carbocycles. The summed E-state index contributed by atoms with van der Waals surface area (Å²) < 4.78 is 0. The summed E-state index contributed by atoms with van der Waals surface area (Å²) in [4.78, 5) is 0.